The third kappa shape index (κ3) is 5.30. The summed E-state index contributed by atoms with van der Waals surface area (Å²) in [5.41, 5.74) is 1.92. The Kier molecular flexibility index (Phi) is 6.78. The number of rotatable bonds is 8. The molecule has 2 aromatic heterocycles. The van der Waals surface area contributed by atoms with Crippen LogP contribution in [0.5, 0.6) is 0 Å². The first-order valence-electron chi connectivity index (χ1n) is 10.4. The Morgan fingerprint density at radius 3 is 2.62 bits per heavy atom. The van der Waals surface area contributed by atoms with Crippen LogP contribution in [-0.2, 0) is 24.2 Å². The summed E-state index contributed by atoms with van der Waals surface area (Å²) in [6.45, 7) is 4.20. The Bertz CT molecular complexity index is 1280. The van der Waals surface area contributed by atoms with E-state index in [1.165, 1.54) is 22.4 Å². The van der Waals surface area contributed by atoms with Crippen molar-refractivity contribution in [3.63, 3.8) is 0 Å². The Morgan fingerprint density at radius 2 is 1.91 bits per heavy atom. The van der Waals surface area contributed by atoms with Crippen LogP contribution in [-0.4, -0.2) is 34.5 Å². The zero-order chi connectivity index (χ0) is 22.5. The van der Waals surface area contributed by atoms with Gasteiger partial charge in [-0.05, 0) is 49.2 Å². The minimum absolute atomic E-state index is 0.212. The number of aromatic nitrogens is 2. The van der Waals surface area contributed by atoms with Crippen LogP contribution in [0.15, 0.2) is 65.5 Å². The van der Waals surface area contributed by atoms with Crippen molar-refractivity contribution < 1.29 is 9.53 Å². The molecule has 6 nitrogen and oxygen atoms in total. The Balaban J connectivity index is 1.60. The molecule has 0 bridgehead atoms. The number of ether oxygens (including phenoxy) is 1. The van der Waals surface area contributed by atoms with E-state index in [0.29, 0.717) is 28.8 Å². The summed E-state index contributed by atoms with van der Waals surface area (Å²) >= 11 is 1.78. The van der Waals surface area contributed by atoms with E-state index in [1.54, 1.807) is 29.5 Å². The average Bonchev–Trinajstić information content (AvgIpc) is 3.21. The first-order chi connectivity index (χ1) is 15.5. The highest BCUT2D eigenvalue weighted by molar-refractivity contribution is 7.11. The zero-order valence-corrected chi connectivity index (χ0v) is 18.9. The third-order valence-corrected chi connectivity index (χ3v) is 6.27. The smallest absolute Gasteiger partial charge is 0.337 e. The van der Waals surface area contributed by atoms with Crippen molar-refractivity contribution >= 4 is 28.2 Å². The number of thiophene rings is 1. The molecule has 0 aliphatic carbocycles. The SMILES string of the molecule is COC(=O)c1ccc2c(=O)[nH]c(CN(CCc3ccccc3)Cc3ccc(C)s3)nc2c1. The molecule has 2 heterocycles. The third-order valence-electron chi connectivity index (χ3n) is 5.29. The van der Waals surface area contributed by atoms with Crippen molar-refractivity contribution in [3.05, 3.63) is 97.7 Å². The quantitative estimate of drug-likeness (QED) is 0.407. The number of nitrogens with one attached hydrogen (secondary N) is 1. The fourth-order valence-electron chi connectivity index (χ4n) is 3.66. The fraction of sp³-hybridized carbons (Fsp3) is 0.240. The number of fused-ring (bicyclic) bond motifs is 1. The van der Waals surface area contributed by atoms with Crippen LogP contribution >= 0.6 is 11.3 Å². The van der Waals surface area contributed by atoms with Crippen LogP contribution in [0, 0.1) is 6.92 Å². The highest BCUT2D eigenvalue weighted by Crippen LogP contribution is 2.19. The van der Waals surface area contributed by atoms with Crippen molar-refractivity contribution in [2.24, 2.45) is 0 Å². The molecule has 2 aromatic carbocycles. The molecular formula is C25H25N3O3S. The second-order valence-electron chi connectivity index (χ2n) is 7.69. The maximum absolute atomic E-state index is 12.6. The van der Waals surface area contributed by atoms with Crippen molar-refractivity contribution in [1.82, 2.24) is 14.9 Å². The van der Waals surface area contributed by atoms with Gasteiger partial charge in [0, 0.05) is 22.8 Å². The first kappa shape index (κ1) is 21.9. The number of H-pyrrole nitrogens is 1. The lowest BCUT2D eigenvalue weighted by Crippen LogP contribution is -2.27. The van der Waals surface area contributed by atoms with Gasteiger partial charge in [0.25, 0.3) is 5.56 Å². The van der Waals surface area contributed by atoms with Gasteiger partial charge in [0.05, 0.1) is 30.1 Å². The van der Waals surface area contributed by atoms with Crippen LogP contribution in [0.25, 0.3) is 10.9 Å². The highest BCUT2D eigenvalue weighted by Gasteiger charge is 2.14. The lowest BCUT2D eigenvalue weighted by Gasteiger charge is -2.21. The summed E-state index contributed by atoms with van der Waals surface area (Å²) in [5.74, 6) is 0.124. The molecule has 0 spiro atoms. The number of nitrogens with zero attached hydrogens (tertiary/aromatic N) is 2. The predicted molar refractivity (Wildman–Crippen MR) is 127 cm³/mol. The van der Waals surface area contributed by atoms with E-state index in [0.717, 1.165) is 19.5 Å². The van der Waals surface area contributed by atoms with Crippen molar-refractivity contribution in [1.29, 1.82) is 0 Å². The minimum atomic E-state index is -0.451. The molecule has 1 N–H and O–H groups in total. The summed E-state index contributed by atoms with van der Waals surface area (Å²) in [5, 5.41) is 0.450. The molecule has 0 amide bonds. The Hall–Kier alpha value is -3.29. The molecule has 0 unspecified atom stereocenters. The normalized spacial score (nSPS) is 11.2. The maximum atomic E-state index is 12.6. The molecule has 7 heteroatoms. The van der Waals surface area contributed by atoms with E-state index < -0.39 is 5.97 Å². The largest absolute Gasteiger partial charge is 0.465 e. The van der Waals surface area contributed by atoms with Crippen molar-refractivity contribution in [3.8, 4) is 0 Å². The average molecular weight is 448 g/mol. The van der Waals surface area contributed by atoms with Crippen LogP contribution in [0.3, 0.4) is 0 Å². The van der Waals surface area contributed by atoms with Gasteiger partial charge in [-0.2, -0.15) is 0 Å². The topological polar surface area (TPSA) is 75.3 Å². The second-order valence-corrected chi connectivity index (χ2v) is 9.07. The Morgan fingerprint density at radius 1 is 1.09 bits per heavy atom. The summed E-state index contributed by atoms with van der Waals surface area (Å²) < 4.78 is 4.79. The molecule has 0 radical (unpaired) electrons. The predicted octanol–water partition coefficient (Wildman–Crippen LogP) is 4.32. The van der Waals surface area contributed by atoms with Gasteiger partial charge in [-0.3, -0.25) is 9.69 Å². The Labute approximate surface area is 190 Å². The fourth-order valence-corrected chi connectivity index (χ4v) is 4.59. The lowest BCUT2D eigenvalue weighted by molar-refractivity contribution is 0.0601. The van der Waals surface area contributed by atoms with Gasteiger partial charge in [-0.25, -0.2) is 9.78 Å². The minimum Gasteiger partial charge on any atom is -0.465 e. The molecule has 0 aliphatic rings. The van der Waals surface area contributed by atoms with Gasteiger partial charge in [0.1, 0.15) is 5.82 Å². The second kappa shape index (κ2) is 9.89. The van der Waals surface area contributed by atoms with E-state index in [2.05, 4.69) is 46.1 Å². The summed E-state index contributed by atoms with van der Waals surface area (Å²) in [6, 6.07) is 19.4. The summed E-state index contributed by atoms with van der Waals surface area (Å²) in [7, 11) is 1.33. The van der Waals surface area contributed by atoms with Gasteiger partial charge in [-0.1, -0.05) is 30.3 Å². The van der Waals surface area contributed by atoms with Crippen molar-refractivity contribution in [2.45, 2.75) is 26.4 Å². The van der Waals surface area contributed by atoms with E-state index >= 15 is 0 Å². The number of benzene rings is 2. The van der Waals surface area contributed by atoms with E-state index in [-0.39, 0.29) is 5.56 Å². The van der Waals surface area contributed by atoms with Crippen LogP contribution in [0.4, 0.5) is 0 Å². The molecule has 32 heavy (non-hydrogen) atoms. The number of aromatic amines is 1. The standard InChI is InChI=1S/C25H25N3O3S/c1-17-8-10-20(32-17)15-28(13-12-18-6-4-3-5-7-18)16-23-26-22-14-19(25(30)31-2)9-11-21(22)24(29)27-23/h3-11,14H,12-13,15-16H2,1-2H3,(H,26,27,29). The van der Waals surface area contributed by atoms with Crippen LogP contribution in [0.1, 0.15) is 31.5 Å². The maximum Gasteiger partial charge on any atom is 0.337 e. The molecular weight excluding hydrogens is 422 g/mol. The van der Waals surface area contributed by atoms with Gasteiger partial charge in [-0.15, -0.1) is 11.3 Å². The molecule has 164 valence electrons. The van der Waals surface area contributed by atoms with Gasteiger partial charge in [0.2, 0.25) is 0 Å². The number of carbonyl (C=O) groups is 1. The van der Waals surface area contributed by atoms with Crippen LogP contribution in [0.2, 0.25) is 0 Å². The number of hydrogen-bond donors (Lipinski definition) is 1. The number of methoxy groups -OCH3 is 1. The van der Waals surface area contributed by atoms with E-state index in [1.807, 2.05) is 18.2 Å². The number of hydrogen-bond acceptors (Lipinski definition) is 6. The van der Waals surface area contributed by atoms with Crippen molar-refractivity contribution in [2.75, 3.05) is 13.7 Å². The number of carbonyl (C=O) groups excluding carboxylic acids is 1. The molecule has 0 atom stereocenters. The molecule has 0 saturated heterocycles. The lowest BCUT2D eigenvalue weighted by atomic mass is 10.1. The highest BCUT2D eigenvalue weighted by atomic mass is 32.1. The molecule has 4 rings (SSSR count). The van der Waals surface area contributed by atoms with Gasteiger partial charge < -0.3 is 9.72 Å². The number of esters is 1. The van der Waals surface area contributed by atoms with E-state index in [9.17, 15) is 9.59 Å². The van der Waals surface area contributed by atoms with E-state index in [4.69, 9.17) is 4.74 Å². The zero-order valence-electron chi connectivity index (χ0n) is 18.1. The first-order valence-corrected chi connectivity index (χ1v) is 11.3. The number of aryl methyl sites for hydroxylation is 1. The monoisotopic (exact) mass is 447 g/mol. The van der Waals surface area contributed by atoms with Gasteiger partial charge in [0.15, 0.2) is 0 Å². The molecule has 0 fully saturated rings. The van der Waals surface area contributed by atoms with Gasteiger partial charge >= 0.3 is 5.97 Å². The summed E-state index contributed by atoms with van der Waals surface area (Å²) in [4.78, 5) is 36.9. The summed E-state index contributed by atoms with van der Waals surface area (Å²) in [6.07, 6.45) is 0.898. The van der Waals surface area contributed by atoms with Crippen LogP contribution < -0.4 is 5.56 Å². The molecule has 4 aromatic rings. The molecule has 0 saturated carbocycles. The molecule has 0 aliphatic heterocycles.